The zero-order valence-electron chi connectivity index (χ0n) is 14.7. The summed E-state index contributed by atoms with van der Waals surface area (Å²) in [6, 6.07) is 9.38. The first-order chi connectivity index (χ1) is 12.5. The van der Waals surface area contributed by atoms with E-state index in [2.05, 4.69) is 15.9 Å². The van der Waals surface area contributed by atoms with E-state index in [-0.39, 0.29) is 24.4 Å². The fourth-order valence-corrected chi connectivity index (χ4v) is 2.78. The first-order valence-corrected chi connectivity index (χ1v) is 9.01. The molecule has 1 heterocycles. The highest BCUT2D eigenvalue weighted by molar-refractivity contribution is 9.10. The van der Waals surface area contributed by atoms with Crippen molar-refractivity contribution in [3.05, 3.63) is 64.0 Å². The maximum atomic E-state index is 12.3. The van der Waals surface area contributed by atoms with Gasteiger partial charge >= 0.3 is 11.9 Å². The highest BCUT2D eigenvalue weighted by atomic mass is 79.9. The van der Waals surface area contributed by atoms with Gasteiger partial charge in [-0.1, -0.05) is 28.1 Å². The van der Waals surface area contributed by atoms with Crippen molar-refractivity contribution < 1.29 is 19.1 Å². The Morgan fingerprint density at radius 3 is 2.35 bits per heavy atom. The predicted molar refractivity (Wildman–Crippen MR) is 102 cm³/mol. The first kappa shape index (κ1) is 19.8. The summed E-state index contributed by atoms with van der Waals surface area (Å²) >= 11 is 3.40. The molecule has 7 heteroatoms. The third-order valence-electron chi connectivity index (χ3n) is 3.64. The summed E-state index contributed by atoms with van der Waals surface area (Å²) in [4.78, 5) is 24.6. The average molecular weight is 421 g/mol. The van der Waals surface area contributed by atoms with Crippen LogP contribution in [-0.4, -0.2) is 29.7 Å². The van der Waals surface area contributed by atoms with Crippen LogP contribution < -0.4 is 5.73 Å². The van der Waals surface area contributed by atoms with Gasteiger partial charge in [0, 0.05) is 23.4 Å². The van der Waals surface area contributed by atoms with Crippen molar-refractivity contribution >= 4 is 33.4 Å². The molecule has 6 nitrogen and oxygen atoms in total. The summed E-state index contributed by atoms with van der Waals surface area (Å²) in [5.41, 5.74) is 7.46. The molecule has 0 spiro atoms. The summed E-state index contributed by atoms with van der Waals surface area (Å²) in [7, 11) is 0. The Balaban J connectivity index is 2.49. The van der Waals surface area contributed by atoms with E-state index in [1.165, 1.54) is 0 Å². The molecular weight excluding hydrogens is 400 g/mol. The summed E-state index contributed by atoms with van der Waals surface area (Å²) < 4.78 is 12.9. The molecular formula is C19H21BrN2O4. The summed E-state index contributed by atoms with van der Waals surface area (Å²) in [5, 5.41) is 0. The molecule has 0 bridgehead atoms. The minimum atomic E-state index is -0.587. The average Bonchev–Trinajstić information content (AvgIpc) is 3.02. The lowest BCUT2D eigenvalue weighted by Gasteiger charge is -2.14. The van der Waals surface area contributed by atoms with E-state index in [4.69, 9.17) is 15.2 Å². The Morgan fingerprint density at radius 2 is 1.77 bits per heavy atom. The fraction of sp³-hybridized carbons (Fsp3) is 0.263. The number of nitrogens with two attached hydrogens (primary N) is 1. The van der Waals surface area contributed by atoms with Crippen molar-refractivity contribution in [2.24, 2.45) is 5.73 Å². The second-order valence-corrected chi connectivity index (χ2v) is 6.27. The minimum absolute atomic E-state index is 0.122. The SMILES string of the molecule is CCOC(=O)C(=CN)c1c(C(=O)OCC)ccn1Cc1ccc(Br)cc1. The van der Waals surface area contributed by atoms with Gasteiger partial charge in [-0.05, 0) is 37.6 Å². The van der Waals surface area contributed by atoms with Crippen molar-refractivity contribution in [3.8, 4) is 0 Å². The van der Waals surface area contributed by atoms with E-state index < -0.39 is 11.9 Å². The zero-order chi connectivity index (χ0) is 19.1. The Morgan fingerprint density at radius 1 is 1.12 bits per heavy atom. The molecule has 0 saturated carbocycles. The number of ether oxygens (including phenoxy) is 2. The second-order valence-electron chi connectivity index (χ2n) is 5.35. The fourth-order valence-electron chi connectivity index (χ4n) is 2.52. The molecule has 0 aliphatic heterocycles. The lowest BCUT2D eigenvalue weighted by atomic mass is 10.1. The molecule has 0 fully saturated rings. The number of hydrogen-bond acceptors (Lipinski definition) is 5. The Labute approximate surface area is 160 Å². The third-order valence-corrected chi connectivity index (χ3v) is 4.17. The largest absolute Gasteiger partial charge is 0.462 e. The minimum Gasteiger partial charge on any atom is -0.462 e. The number of hydrogen-bond donors (Lipinski definition) is 1. The van der Waals surface area contributed by atoms with E-state index in [1.807, 2.05) is 24.3 Å². The van der Waals surface area contributed by atoms with E-state index in [0.29, 0.717) is 12.2 Å². The van der Waals surface area contributed by atoms with Gasteiger partial charge in [-0.3, -0.25) is 0 Å². The molecule has 0 aliphatic carbocycles. The number of nitrogens with zero attached hydrogens (tertiary/aromatic N) is 1. The molecule has 0 aliphatic rings. The summed E-state index contributed by atoms with van der Waals surface area (Å²) in [6.45, 7) is 4.33. The maximum absolute atomic E-state index is 12.3. The van der Waals surface area contributed by atoms with Gasteiger partial charge in [0.15, 0.2) is 0 Å². The number of rotatable bonds is 7. The molecule has 2 rings (SSSR count). The van der Waals surface area contributed by atoms with Crippen molar-refractivity contribution in [3.63, 3.8) is 0 Å². The molecule has 138 valence electrons. The number of halogens is 1. The van der Waals surface area contributed by atoms with Crippen LogP contribution in [0.2, 0.25) is 0 Å². The Hall–Kier alpha value is -2.54. The van der Waals surface area contributed by atoms with Crippen LogP contribution in [0.3, 0.4) is 0 Å². The van der Waals surface area contributed by atoms with Gasteiger partial charge in [0.25, 0.3) is 0 Å². The highest BCUT2D eigenvalue weighted by Crippen LogP contribution is 2.24. The lowest BCUT2D eigenvalue weighted by Crippen LogP contribution is -2.16. The van der Waals surface area contributed by atoms with E-state index in [9.17, 15) is 9.59 Å². The van der Waals surface area contributed by atoms with Gasteiger partial charge in [0.2, 0.25) is 0 Å². The standard InChI is InChI=1S/C19H21BrN2O4/c1-3-25-18(23)15-9-10-22(12-13-5-7-14(20)8-6-13)17(15)16(11-21)19(24)26-4-2/h5-11H,3-4,12,21H2,1-2H3. The van der Waals surface area contributed by atoms with Crippen LogP contribution in [0.25, 0.3) is 5.57 Å². The van der Waals surface area contributed by atoms with Gasteiger partial charge in [-0.2, -0.15) is 0 Å². The second kappa shape index (κ2) is 9.24. The molecule has 0 amide bonds. The molecule has 1 aromatic carbocycles. The summed E-state index contributed by atoms with van der Waals surface area (Å²) in [6.07, 6.45) is 2.89. The first-order valence-electron chi connectivity index (χ1n) is 8.21. The predicted octanol–water partition coefficient (Wildman–Crippen LogP) is 3.34. The molecule has 2 aromatic rings. The van der Waals surface area contributed by atoms with Crippen LogP contribution >= 0.6 is 15.9 Å². The number of aromatic nitrogens is 1. The normalized spacial score (nSPS) is 11.3. The van der Waals surface area contributed by atoms with E-state index in [0.717, 1.165) is 16.2 Å². The van der Waals surface area contributed by atoms with Crippen molar-refractivity contribution in [1.29, 1.82) is 0 Å². The van der Waals surface area contributed by atoms with Crippen LogP contribution in [0.15, 0.2) is 47.2 Å². The molecule has 1 aromatic heterocycles. The van der Waals surface area contributed by atoms with Gasteiger partial charge in [0.05, 0.1) is 30.0 Å². The molecule has 26 heavy (non-hydrogen) atoms. The number of esters is 2. The Bertz CT molecular complexity index is 809. The zero-order valence-corrected chi connectivity index (χ0v) is 16.3. The number of carbonyl (C=O) groups is 2. The van der Waals surface area contributed by atoms with Gasteiger partial charge in [0.1, 0.15) is 0 Å². The quantitative estimate of drug-likeness (QED) is 0.548. The monoisotopic (exact) mass is 420 g/mol. The molecule has 0 saturated heterocycles. The van der Waals surface area contributed by atoms with Crippen LogP contribution in [0.5, 0.6) is 0 Å². The van der Waals surface area contributed by atoms with Crippen molar-refractivity contribution in [2.75, 3.05) is 13.2 Å². The lowest BCUT2D eigenvalue weighted by molar-refractivity contribution is -0.136. The van der Waals surface area contributed by atoms with Crippen molar-refractivity contribution in [2.45, 2.75) is 20.4 Å². The third kappa shape index (κ3) is 4.54. The molecule has 0 radical (unpaired) electrons. The van der Waals surface area contributed by atoms with Crippen LogP contribution in [0.4, 0.5) is 0 Å². The maximum Gasteiger partial charge on any atom is 0.341 e. The van der Waals surface area contributed by atoms with Gasteiger partial charge in [-0.15, -0.1) is 0 Å². The topological polar surface area (TPSA) is 83.6 Å². The molecule has 0 atom stereocenters. The number of benzene rings is 1. The Kier molecular flexibility index (Phi) is 7.03. The summed E-state index contributed by atoms with van der Waals surface area (Å²) in [5.74, 6) is -1.10. The van der Waals surface area contributed by atoms with Crippen molar-refractivity contribution in [1.82, 2.24) is 4.57 Å². The number of carbonyl (C=O) groups excluding carboxylic acids is 2. The van der Waals surface area contributed by atoms with E-state index in [1.54, 1.807) is 30.7 Å². The van der Waals surface area contributed by atoms with Crippen LogP contribution in [-0.2, 0) is 20.8 Å². The smallest absolute Gasteiger partial charge is 0.341 e. The van der Waals surface area contributed by atoms with Gasteiger partial charge < -0.3 is 19.8 Å². The van der Waals surface area contributed by atoms with E-state index >= 15 is 0 Å². The molecule has 2 N–H and O–H groups in total. The highest BCUT2D eigenvalue weighted by Gasteiger charge is 2.25. The van der Waals surface area contributed by atoms with Crippen LogP contribution in [0, 0.1) is 0 Å². The molecule has 0 unspecified atom stereocenters. The van der Waals surface area contributed by atoms with Crippen LogP contribution in [0.1, 0.15) is 35.5 Å². The van der Waals surface area contributed by atoms with Gasteiger partial charge in [-0.25, -0.2) is 9.59 Å².